The molecular weight excluding hydrogens is 268 g/mol. The minimum Gasteiger partial charge on any atom is -0.378 e. The Balaban J connectivity index is 1.97. The van der Waals surface area contributed by atoms with Crippen molar-refractivity contribution in [3.05, 3.63) is 10.7 Å². The third kappa shape index (κ3) is 2.25. The summed E-state index contributed by atoms with van der Waals surface area (Å²) in [5.74, 6) is 0.663. The van der Waals surface area contributed by atoms with Crippen molar-refractivity contribution in [1.29, 1.82) is 0 Å². The highest BCUT2D eigenvalue weighted by atomic mass is 32.1. The number of thiazole rings is 1. The van der Waals surface area contributed by atoms with Crippen molar-refractivity contribution in [3.8, 4) is 9.88 Å². The summed E-state index contributed by atoms with van der Waals surface area (Å²) < 4.78 is 5.22. The van der Waals surface area contributed by atoms with Gasteiger partial charge in [0.15, 0.2) is 5.01 Å². The van der Waals surface area contributed by atoms with E-state index >= 15 is 0 Å². The summed E-state index contributed by atoms with van der Waals surface area (Å²) in [6.45, 7) is 0.535. The maximum atomic E-state index is 5.22. The van der Waals surface area contributed by atoms with Gasteiger partial charge in [-0.05, 0) is 12.8 Å². The Kier molecular flexibility index (Phi) is 3.27. The van der Waals surface area contributed by atoms with Crippen molar-refractivity contribution >= 4 is 27.8 Å². The lowest BCUT2D eigenvalue weighted by Gasteiger charge is -1.96. The SMILES string of the molecule is CNc1nnc(-c2sc(C3CC3)nc2COC)s1. The third-order valence-electron chi connectivity index (χ3n) is 2.75. The Morgan fingerprint density at radius 1 is 1.33 bits per heavy atom. The first kappa shape index (κ1) is 12.0. The molecule has 7 heteroatoms. The van der Waals surface area contributed by atoms with Crippen LogP contribution in [0.25, 0.3) is 9.88 Å². The van der Waals surface area contributed by atoms with E-state index in [4.69, 9.17) is 4.74 Å². The Bertz CT molecular complexity index is 547. The lowest BCUT2D eigenvalue weighted by atomic mass is 10.4. The number of anilines is 1. The second-order valence-corrected chi connectivity index (χ2v) is 6.21. The number of rotatable bonds is 5. The summed E-state index contributed by atoms with van der Waals surface area (Å²) in [5, 5.41) is 14.3. The van der Waals surface area contributed by atoms with Crippen LogP contribution in [0.15, 0.2) is 0 Å². The van der Waals surface area contributed by atoms with Crippen molar-refractivity contribution in [3.63, 3.8) is 0 Å². The van der Waals surface area contributed by atoms with Crippen molar-refractivity contribution in [2.75, 3.05) is 19.5 Å². The highest BCUT2D eigenvalue weighted by molar-refractivity contribution is 7.23. The zero-order valence-corrected chi connectivity index (χ0v) is 11.9. The number of nitrogens with one attached hydrogen (secondary N) is 1. The van der Waals surface area contributed by atoms with Gasteiger partial charge in [0.05, 0.1) is 22.2 Å². The molecule has 5 nitrogen and oxygen atoms in total. The van der Waals surface area contributed by atoms with Gasteiger partial charge in [0, 0.05) is 20.1 Å². The maximum absolute atomic E-state index is 5.22. The molecule has 3 rings (SSSR count). The average molecular weight is 282 g/mol. The van der Waals surface area contributed by atoms with E-state index in [2.05, 4.69) is 20.5 Å². The summed E-state index contributed by atoms with van der Waals surface area (Å²) in [6.07, 6.45) is 2.52. The van der Waals surface area contributed by atoms with Gasteiger partial charge in [-0.3, -0.25) is 0 Å². The number of hydrogen-bond donors (Lipinski definition) is 1. The van der Waals surface area contributed by atoms with Crippen LogP contribution in [0.1, 0.15) is 29.5 Å². The maximum Gasteiger partial charge on any atom is 0.205 e. The largest absolute Gasteiger partial charge is 0.378 e. The minimum atomic E-state index is 0.535. The fraction of sp³-hybridized carbons (Fsp3) is 0.545. The van der Waals surface area contributed by atoms with Crippen LogP contribution in [0, 0.1) is 0 Å². The van der Waals surface area contributed by atoms with Crippen molar-refractivity contribution in [1.82, 2.24) is 15.2 Å². The Hall–Kier alpha value is -1.05. The van der Waals surface area contributed by atoms with Crippen LogP contribution in [-0.2, 0) is 11.3 Å². The molecule has 0 amide bonds. The van der Waals surface area contributed by atoms with E-state index in [9.17, 15) is 0 Å². The second kappa shape index (κ2) is 4.91. The van der Waals surface area contributed by atoms with Crippen LogP contribution in [-0.4, -0.2) is 29.3 Å². The van der Waals surface area contributed by atoms with Gasteiger partial charge in [-0.15, -0.1) is 21.5 Å². The molecule has 0 atom stereocenters. The van der Waals surface area contributed by atoms with Crippen LogP contribution in [0.3, 0.4) is 0 Å². The first-order valence-corrected chi connectivity index (χ1v) is 7.45. The zero-order valence-electron chi connectivity index (χ0n) is 10.3. The molecule has 2 heterocycles. The van der Waals surface area contributed by atoms with E-state index in [-0.39, 0.29) is 0 Å². The Morgan fingerprint density at radius 3 is 2.78 bits per heavy atom. The van der Waals surface area contributed by atoms with Gasteiger partial charge in [-0.25, -0.2) is 4.98 Å². The fourth-order valence-corrected chi connectivity index (χ4v) is 3.72. The molecule has 1 aliphatic carbocycles. The van der Waals surface area contributed by atoms with Crippen LogP contribution in [0.5, 0.6) is 0 Å². The second-order valence-electron chi connectivity index (χ2n) is 4.20. The van der Waals surface area contributed by atoms with E-state index in [1.165, 1.54) is 17.8 Å². The molecule has 0 unspecified atom stereocenters. The number of ether oxygens (including phenoxy) is 1. The Labute approximate surface area is 113 Å². The summed E-state index contributed by atoms with van der Waals surface area (Å²) >= 11 is 3.29. The van der Waals surface area contributed by atoms with Crippen LogP contribution in [0.2, 0.25) is 0 Å². The van der Waals surface area contributed by atoms with E-state index < -0.39 is 0 Å². The molecule has 0 radical (unpaired) electrons. The predicted octanol–water partition coefficient (Wildman–Crippen LogP) is 2.73. The number of nitrogens with zero attached hydrogens (tertiary/aromatic N) is 3. The van der Waals surface area contributed by atoms with Gasteiger partial charge in [-0.2, -0.15) is 0 Å². The molecular formula is C11H14N4OS2. The number of aromatic nitrogens is 3. The first-order valence-electron chi connectivity index (χ1n) is 5.82. The highest BCUT2D eigenvalue weighted by Gasteiger charge is 2.29. The fourth-order valence-electron chi connectivity index (χ4n) is 1.69. The standard InChI is InChI=1S/C11H14N4OS2/c1-12-11-15-14-10(18-11)8-7(5-16-2)13-9(17-8)6-3-4-6/h6H,3-5H2,1-2H3,(H,12,15). The predicted molar refractivity (Wildman–Crippen MR) is 73.3 cm³/mol. The average Bonchev–Trinajstić information content (AvgIpc) is 2.98. The van der Waals surface area contributed by atoms with Gasteiger partial charge >= 0.3 is 0 Å². The summed E-state index contributed by atoms with van der Waals surface area (Å²) in [4.78, 5) is 5.79. The van der Waals surface area contributed by atoms with E-state index in [0.29, 0.717) is 12.5 Å². The van der Waals surface area contributed by atoms with Crippen molar-refractivity contribution in [2.24, 2.45) is 0 Å². The zero-order chi connectivity index (χ0) is 12.5. The molecule has 2 aromatic heterocycles. The summed E-state index contributed by atoms with van der Waals surface area (Å²) in [6, 6.07) is 0. The smallest absolute Gasteiger partial charge is 0.205 e. The lowest BCUT2D eigenvalue weighted by molar-refractivity contribution is 0.182. The van der Waals surface area contributed by atoms with Crippen LogP contribution in [0.4, 0.5) is 5.13 Å². The number of hydrogen-bond acceptors (Lipinski definition) is 7. The van der Waals surface area contributed by atoms with E-state index in [1.807, 2.05) is 7.05 Å². The van der Waals surface area contributed by atoms with Gasteiger partial charge < -0.3 is 10.1 Å². The molecule has 2 aromatic rings. The topological polar surface area (TPSA) is 59.9 Å². The molecule has 18 heavy (non-hydrogen) atoms. The van der Waals surface area contributed by atoms with E-state index in [1.54, 1.807) is 29.8 Å². The Morgan fingerprint density at radius 2 is 2.17 bits per heavy atom. The molecule has 0 aliphatic heterocycles. The molecule has 1 N–H and O–H groups in total. The molecule has 1 aliphatic rings. The third-order valence-corrected chi connectivity index (χ3v) is 5.11. The normalized spacial score (nSPS) is 15.0. The first-order chi connectivity index (χ1) is 8.81. The van der Waals surface area contributed by atoms with Crippen molar-refractivity contribution in [2.45, 2.75) is 25.4 Å². The molecule has 0 spiro atoms. The highest BCUT2D eigenvalue weighted by Crippen LogP contribution is 2.45. The quantitative estimate of drug-likeness (QED) is 0.913. The molecule has 1 saturated carbocycles. The van der Waals surface area contributed by atoms with Gasteiger partial charge in [0.1, 0.15) is 0 Å². The summed E-state index contributed by atoms with van der Waals surface area (Å²) in [5.41, 5.74) is 0.989. The lowest BCUT2D eigenvalue weighted by Crippen LogP contribution is -1.90. The molecule has 0 aromatic carbocycles. The summed E-state index contributed by atoms with van der Waals surface area (Å²) in [7, 11) is 3.54. The monoisotopic (exact) mass is 282 g/mol. The van der Waals surface area contributed by atoms with Crippen LogP contribution < -0.4 is 5.32 Å². The van der Waals surface area contributed by atoms with E-state index in [0.717, 1.165) is 20.7 Å². The van der Waals surface area contributed by atoms with Gasteiger partial charge in [-0.1, -0.05) is 11.3 Å². The van der Waals surface area contributed by atoms with Gasteiger partial charge in [0.2, 0.25) is 5.13 Å². The number of methoxy groups -OCH3 is 1. The molecule has 96 valence electrons. The van der Waals surface area contributed by atoms with Crippen LogP contribution >= 0.6 is 22.7 Å². The molecule has 0 bridgehead atoms. The minimum absolute atomic E-state index is 0.535. The molecule has 0 saturated heterocycles. The van der Waals surface area contributed by atoms with Crippen molar-refractivity contribution < 1.29 is 4.74 Å². The molecule has 1 fully saturated rings. The van der Waals surface area contributed by atoms with Gasteiger partial charge in [0.25, 0.3) is 0 Å².